The van der Waals surface area contributed by atoms with E-state index in [2.05, 4.69) is 9.88 Å². The van der Waals surface area contributed by atoms with Crippen LogP contribution in [-0.4, -0.2) is 87.5 Å². The summed E-state index contributed by atoms with van der Waals surface area (Å²) in [4.78, 5) is 26.6. The van der Waals surface area contributed by atoms with E-state index in [4.69, 9.17) is 24.6 Å². The molecule has 2 bridgehead atoms. The number of nitriles is 1. The molecule has 15 heteroatoms. The smallest absolute Gasteiger partial charge is 0.407 e. The molecule has 0 aliphatic carbocycles. The number of furan rings is 1. The van der Waals surface area contributed by atoms with E-state index in [0.29, 0.717) is 35.3 Å². The Morgan fingerprint density at radius 3 is 2.71 bits per heavy atom. The Balaban J connectivity index is 1.25. The third kappa shape index (κ3) is 4.05. The van der Waals surface area contributed by atoms with Crippen molar-refractivity contribution in [1.82, 2.24) is 19.8 Å². The van der Waals surface area contributed by atoms with Gasteiger partial charge in [0.1, 0.15) is 47.1 Å². The third-order valence-electron chi connectivity index (χ3n) is 10.9. The van der Waals surface area contributed by atoms with E-state index in [1.54, 1.807) is 0 Å². The van der Waals surface area contributed by atoms with Crippen molar-refractivity contribution in [3.05, 3.63) is 40.5 Å². The number of alkyl halides is 1. The van der Waals surface area contributed by atoms with Crippen LogP contribution < -0.4 is 15.4 Å². The maximum absolute atomic E-state index is 17.3. The SMILES string of the molecule is N#Cc1c(N)oc2ccc(F)c(-c3c4c(c5c(N6C7CC6CN(C(=O)O)C7)nc(OC[C@@]67CCCN6C[C@H](F)C7)nc5c3F)COC4)c12. The first-order chi connectivity index (χ1) is 23.2. The van der Waals surface area contributed by atoms with E-state index >= 15 is 8.78 Å². The summed E-state index contributed by atoms with van der Waals surface area (Å²) < 4.78 is 65.4. The van der Waals surface area contributed by atoms with Crippen LogP contribution in [0.2, 0.25) is 0 Å². The number of hydrogen-bond donors (Lipinski definition) is 2. The van der Waals surface area contributed by atoms with Gasteiger partial charge in [0, 0.05) is 37.2 Å². The summed E-state index contributed by atoms with van der Waals surface area (Å²) in [5.74, 6) is -1.48. The highest BCUT2D eigenvalue weighted by Crippen LogP contribution is 2.49. The minimum Gasteiger partial charge on any atom is -0.465 e. The molecule has 4 aromatic rings. The zero-order valence-electron chi connectivity index (χ0n) is 25.6. The van der Waals surface area contributed by atoms with Gasteiger partial charge in [-0.05, 0) is 49.1 Å². The van der Waals surface area contributed by atoms with Crippen LogP contribution >= 0.6 is 0 Å². The molecule has 2 unspecified atom stereocenters. The number of benzene rings is 2. The summed E-state index contributed by atoms with van der Waals surface area (Å²) in [6, 6.07) is 3.89. The number of piperidine rings is 1. The molecule has 0 spiro atoms. The number of likely N-dealkylation sites (tertiary alicyclic amines) is 1. The monoisotopic (exact) mass is 661 g/mol. The van der Waals surface area contributed by atoms with Gasteiger partial charge in [-0.15, -0.1) is 0 Å². The third-order valence-corrected chi connectivity index (χ3v) is 10.9. The highest BCUT2D eigenvalue weighted by Gasteiger charge is 2.50. The Kier molecular flexibility index (Phi) is 6.32. The molecule has 0 radical (unpaired) electrons. The fourth-order valence-electron chi connectivity index (χ4n) is 8.80. The van der Waals surface area contributed by atoms with Crippen LogP contribution in [0.25, 0.3) is 33.0 Å². The van der Waals surface area contributed by atoms with E-state index < -0.39 is 29.4 Å². The van der Waals surface area contributed by atoms with Crippen molar-refractivity contribution < 1.29 is 37.0 Å². The van der Waals surface area contributed by atoms with Crippen LogP contribution in [0.1, 0.15) is 42.4 Å². The van der Waals surface area contributed by atoms with Crippen molar-refractivity contribution in [2.75, 3.05) is 43.4 Å². The molecule has 5 aliphatic rings. The van der Waals surface area contributed by atoms with Crippen molar-refractivity contribution in [2.24, 2.45) is 0 Å². The van der Waals surface area contributed by atoms with E-state index in [9.17, 15) is 19.6 Å². The lowest BCUT2D eigenvalue weighted by molar-refractivity contribution is 0.0922. The molecule has 3 N–H and O–H groups in total. The second-order valence-electron chi connectivity index (χ2n) is 13.4. The zero-order chi connectivity index (χ0) is 33.1. The topological polar surface area (TPSA) is 154 Å². The Hall–Kier alpha value is -4.81. The summed E-state index contributed by atoms with van der Waals surface area (Å²) in [7, 11) is 0. The molecule has 4 saturated heterocycles. The molecule has 2 aromatic carbocycles. The average molecular weight is 662 g/mol. The molecule has 12 nitrogen and oxygen atoms in total. The van der Waals surface area contributed by atoms with Gasteiger partial charge in [-0.25, -0.2) is 18.0 Å². The number of anilines is 2. The molecule has 248 valence electrons. The highest BCUT2D eigenvalue weighted by atomic mass is 19.1. The van der Waals surface area contributed by atoms with Crippen molar-refractivity contribution in [2.45, 2.75) is 62.7 Å². The first kappa shape index (κ1) is 29.3. The summed E-state index contributed by atoms with van der Waals surface area (Å²) >= 11 is 0. The van der Waals surface area contributed by atoms with Crippen molar-refractivity contribution in [3.63, 3.8) is 0 Å². The van der Waals surface area contributed by atoms with Gasteiger partial charge >= 0.3 is 12.1 Å². The maximum atomic E-state index is 17.3. The molecule has 48 heavy (non-hydrogen) atoms. The van der Waals surface area contributed by atoms with E-state index in [1.807, 2.05) is 11.0 Å². The second-order valence-corrected chi connectivity index (χ2v) is 13.4. The van der Waals surface area contributed by atoms with Gasteiger partial charge < -0.3 is 34.5 Å². The molecular formula is C33H30F3N7O5. The number of hydrogen-bond acceptors (Lipinski definition) is 10. The minimum atomic E-state index is -1.01. The fourth-order valence-corrected chi connectivity index (χ4v) is 8.80. The number of nitrogens with two attached hydrogens (primary N) is 1. The summed E-state index contributed by atoms with van der Waals surface area (Å²) in [5, 5.41) is 20.0. The average Bonchev–Trinajstić information content (AvgIpc) is 3.83. The van der Waals surface area contributed by atoms with Crippen LogP contribution in [-0.2, 0) is 18.0 Å². The van der Waals surface area contributed by atoms with Gasteiger partial charge in [-0.3, -0.25) is 4.90 Å². The predicted octanol–water partition coefficient (Wildman–Crippen LogP) is 4.70. The molecule has 0 saturated carbocycles. The van der Waals surface area contributed by atoms with Gasteiger partial charge in [0.2, 0.25) is 5.88 Å². The Morgan fingerprint density at radius 2 is 1.94 bits per heavy atom. The van der Waals surface area contributed by atoms with Crippen molar-refractivity contribution in [1.29, 1.82) is 5.26 Å². The largest absolute Gasteiger partial charge is 0.465 e. The molecule has 7 heterocycles. The highest BCUT2D eigenvalue weighted by molar-refractivity contribution is 6.05. The zero-order valence-corrected chi connectivity index (χ0v) is 25.6. The standard InChI is InChI=1S/C33H30F3N7O5/c34-15-7-33(4-1-5-42(33)9-15)14-47-31-39-28-25(30(40-31)43-16-6-17(43)11-41(10-16)32(44)45)20-13-46-12-19(20)24(27(28)36)26-21(35)2-3-22-23(26)18(8-37)29(38)48-22/h2-3,15-17H,1,4-7,9-14,38H2,(H,44,45)/t15-,16?,17?,33+/m1/s1. The number of aromatic nitrogens is 2. The summed E-state index contributed by atoms with van der Waals surface area (Å²) in [6.07, 6.45) is 0.707. The fraction of sp³-hybridized carbons (Fsp3) is 0.455. The van der Waals surface area contributed by atoms with Gasteiger partial charge in [0.05, 0.1) is 41.6 Å². The molecule has 1 amide bonds. The molecular weight excluding hydrogens is 631 g/mol. The minimum absolute atomic E-state index is 0.0390. The van der Waals surface area contributed by atoms with Gasteiger partial charge in [-0.1, -0.05) is 0 Å². The maximum Gasteiger partial charge on any atom is 0.407 e. The molecule has 4 atom stereocenters. The molecule has 2 aromatic heterocycles. The van der Waals surface area contributed by atoms with Crippen molar-refractivity contribution >= 4 is 39.7 Å². The van der Waals surface area contributed by atoms with Crippen LogP contribution in [0.4, 0.5) is 29.7 Å². The van der Waals surface area contributed by atoms with Gasteiger partial charge in [0.25, 0.3) is 0 Å². The van der Waals surface area contributed by atoms with Crippen LogP contribution in [0.15, 0.2) is 16.5 Å². The Bertz CT molecular complexity index is 2090. The number of carboxylic acid groups (broad SMARTS) is 1. The normalized spacial score (nSPS) is 26.2. The number of nitrogens with zero attached hydrogens (tertiary/aromatic N) is 6. The van der Waals surface area contributed by atoms with Crippen molar-refractivity contribution in [3.8, 4) is 23.2 Å². The number of ether oxygens (including phenoxy) is 2. The summed E-state index contributed by atoms with van der Waals surface area (Å²) in [5.41, 5.74) is 5.96. The van der Waals surface area contributed by atoms with Crippen LogP contribution in [0.5, 0.6) is 6.01 Å². The van der Waals surface area contributed by atoms with Crippen LogP contribution in [0.3, 0.4) is 0 Å². The lowest BCUT2D eigenvalue weighted by Crippen LogP contribution is -2.70. The lowest BCUT2D eigenvalue weighted by atomic mass is 9.86. The first-order valence-corrected chi connectivity index (χ1v) is 16.0. The predicted molar refractivity (Wildman–Crippen MR) is 165 cm³/mol. The van der Waals surface area contributed by atoms with Gasteiger partial charge in [-0.2, -0.15) is 15.2 Å². The molecule has 4 fully saturated rings. The van der Waals surface area contributed by atoms with Gasteiger partial charge in [0.15, 0.2) is 5.82 Å². The number of halogens is 3. The number of nitrogen functional groups attached to an aromatic ring is 1. The number of carbonyl (C=O) groups is 1. The summed E-state index contributed by atoms with van der Waals surface area (Å²) in [6.45, 7) is 1.71. The van der Waals surface area contributed by atoms with Crippen LogP contribution in [0, 0.1) is 23.0 Å². The molecule has 5 aliphatic heterocycles. The quantitative estimate of drug-likeness (QED) is 0.306. The Morgan fingerprint density at radius 1 is 1.15 bits per heavy atom. The molecule has 9 rings (SSSR count). The first-order valence-electron chi connectivity index (χ1n) is 16.0. The van der Waals surface area contributed by atoms with E-state index in [-0.39, 0.29) is 90.1 Å². The van der Waals surface area contributed by atoms with E-state index in [1.165, 1.54) is 11.0 Å². The van der Waals surface area contributed by atoms with E-state index in [0.717, 1.165) is 31.9 Å². The second kappa shape index (κ2) is 10.3. The number of fused-ring (bicyclic) bond motifs is 7. The Labute approximate surface area is 271 Å². The number of piperazine rings is 1. The lowest BCUT2D eigenvalue weighted by Gasteiger charge is -2.56. The number of rotatable bonds is 5. The number of amides is 1.